The predicted octanol–water partition coefficient (Wildman–Crippen LogP) is 2.79. The summed E-state index contributed by atoms with van der Waals surface area (Å²) < 4.78 is 4.95. The highest BCUT2D eigenvalue weighted by Gasteiger charge is 2.41. The average molecular weight is 279 g/mol. The Kier molecular flexibility index (Phi) is 3.92. The average Bonchev–Trinajstić information content (AvgIpc) is 2.88. The molecule has 0 aromatic heterocycles. The molecular formula is C14H17NO5. The van der Waals surface area contributed by atoms with Gasteiger partial charge in [0.15, 0.2) is 5.75 Å². The summed E-state index contributed by atoms with van der Waals surface area (Å²) >= 11 is 0. The van der Waals surface area contributed by atoms with E-state index in [4.69, 9.17) is 4.74 Å². The summed E-state index contributed by atoms with van der Waals surface area (Å²) in [6.07, 6.45) is 3.37. The molecular weight excluding hydrogens is 262 g/mol. The number of nitro groups is 1. The summed E-state index contributed by atoms with van der Waals surface area (Å²) in [6.45, 7) is 0. The van der Waals surface area contributed by atoms with Crippen LogP contribution < -0.4 is 4.74 Å². The van der Waals surface area contributed by atoms with Gasteiger partial charge >= 0.3 is 11.7 Å². The molecule has 0 bridgehead atoms. The molecule has 0 radical (unpaired) electrons. The van der Waals surface area contributed by atoms with Gasteiger partial charge in [0, 0.05) is 6.07 Å². The van der Waals surface area contributed by atoms with Gasteiger partial charge in [-0.25, -0.2) is 0 Å². The highest BCUT2D eigenvalue weighted by atomic mass is 16.6. The van der Waals surface area contributed by atoms with Gasteiger partial charge in [-0.05, 0) is 30.9 Å². The Balaban J connectivity index is 2.31. The van der Waals surface area contributed by atoms with Crippen LogP contribution in [-0.2, 0) is 11.2 Å². The van der Waals surface area contributed by atoms with Crippen molar-refractivity contribution in [3.8, 4) is 5.75 Å². The van der Waals surface area contributed by atoms with Gasteiger partial charge in [0.05, 0.1) is 17.4 Å². The van der Waals surface area contributed by atoms with Crippen molar-refractivity contribution in [3.05, 3.63) is 33.9 Å². The van der Waals surface area contributed by atoms with E-state index < -0.39 is 16.3 Å². The molecule has 0 aliphatic heterocycles. The molecule has 6 nitrogen and oxygen atoms in total. The van der Waals surface area contributed by atoms with Gasteiger partial charge in [-0.3, -0.25) is 14.9 Å². The predicted molar refractivity (Wildman–Crippen MR) is 71.9 cm³/mol. The third-order valence-electron chi connectivity index (χ3n) is 4.00. The highest BCUT2D eigenvalue weighted by molar-refractivity contribution is 5.75. The molecule has 0 atom stereocenters. The minimum atomic E-state index is -0.812. The normalized spacial score (nSPS) is 16.9. The van der Waals surface area contributed by atoms with Gasteiger partial charge in [0.1, 0.15) is 0 Å². The molecule has 0 heterocycles. The van der Waals surface area contributed by atoms with Crippen molar-refractivity contribution < 1.29 is 19.6 Å². The molecule has 0 unspecified atom stereocenters. The van der Waals surface area contributed by atoms with Crippen molar-refractivity contribution in [1.29, 1.82) is 0 Å². The Morgan fingerprint density at radius 1 is 1.45 bits per heavy atom. The lowest BCUT2D eigenvalue weighted by atomic mass is 9.80. The number of methoxy groups -OCH3 is 1. The van der Waals surface area contributed by atoms with Gasteiger partial charge in [0.2, 0.25) is 0 Å². The Morgan fingerprint density at radius 3 is 2.60 bits per heavy atom. The molecule has 6 heteroatoms. The quantitative estimate of drug-likeness (QED) is 0.661. The number of nitro benzene ring substituents is 1. The number of carbonyl (C=O) groups is 1. The van der Waals surface area contributed by atoms with Crippen molar-refractivity contribution in [2.75, 3.05) is 7.11 Å². The molecule has 1 saturated carbocycles. The first-order valence-electron chi connectivity index (χ1n) is 6.53. The monoisotopic (exact) mass is 279 g/mol. The van der Waals surface area contributed by atoms with E-state index in [0.29, 0.717) is 24.8 Å². The zero-order valence-electron chi connectivity index (χ0n) is 11.3. The third-order valence-corrected chi connectivity index (χ3v) is 4.00. The lowest BCUT2D eigenvalue weighted by Gasteiger charge is -2.23. The summed E-state index contributed by atoms with van der Waals surface area (Å²) in [5, 5.41) is 20.4. The van der Waals surface area contributed by atoms with Crippen molar-refractivity contribution >= 4 is 11.7 Å². The Morgan fingerprint density at radius 2 is 2.10 bits per heavy atom. The number of hydrogen-bond acceptors (Lipinski definition) is 4. The zero-order valence-corrected chi connectivity index (χ0v) is 11.3. The number of hydrogen-bond donors (Lipinski definition) is 1. The number of ether oxygens (including phenoxy) is 1. The summed E-state index contributed by atoms with van der Waals surface area (Å²) in [7, 11) is 1.37. The van der Waals surface area contributed by atoms with E-state index in [1.54, 1.807) is 6.07 Å². The third kappa shape index (κ3) is 2.59. The van der Waals surface area contributed by atoms with Gasteiger partial charge in [-0.2, -0.15) is 0 Å². The first kappa shape index (κ1) is 14.3. The summed E-state index contributed by atoms with van der Waals surface area (Å²) in [5.74, 6) is -0.622. The van der Waals surface area contributed by atoms with Gasteiger partial charge in [-0.15, -0.1) is 0 Å². The number of rotatable bonds is 5. The summed E-state index contributed by atoms with van der Waals surface area (Å²) in [6, 6.07) is 4.65. The number of benzene rings is 1. The molecule has 0 spiro atoms. The van der Waals surface area contributed by atoms with Crippen molar-refractivity contribution in [3.63, 3.8) is 0 Å². The first-order chi connectivity index (χ1) is 9.48. The Labute approximate surface area is 116 Å². The maximum Gasteiger partial charge on any atom is 0.311 e. The second kappa shape index (κ2) is 5.48. The SMILES string of the molecule is COc1ccc(CC2(C(=O)O)CCCC2)cc1[N+](=O)[O-]. The van der Waals surface area contributed by atoms with Crippen LogP contribution in [0.5, 0.6) is 5.75 Å². The number of nitrogens with zero attached hydrogens (tertiary/aromatic N) is 1. The van der Waals surface area contributed by atoms with Gasteiger partial charge in [0.25, 0.3) is 0 Å². The lowest BCUT2D eigenvalue weighted by Crippen LogP contribution is -2.30. The maximum atomic E-state index is 11.5. The highest BCUT2D eigenvalue weighted by Crippen LogP contribution is 2.42. The first-order valence-corrected chi connectivity index (χ1v) is 6.53. The van der Waals surface area contributed by atoms with Crippen molar-refractivity contribution in [2.24, 2.45) is 5.41 Å². The molecule has 1 fully saturated rings. The van der Waals surface area contributed by atoms with Crippen LogP contribution in [0.3, 0.4) is 0 Å². The van der Waals surface area contributed by atoms with Gasteiger partial charge < -0.3 is 9.84 Å². The van der Waals surface area contributed by atoms with Crippen LogP contribution in [0.1, 0.15) is 31.2 Å². The van der Waals surface area contributed by atoms with E-state index in [-0.39, 0.29) is 11.4 Å². The van der Waals surface area contributed by atoms with Crippen LogP contribution in [0.4, 0.5) is 5.69 Å². The van der Waals surface area contributed by atoms with Crippen LogP contribution in [0, 0.1) is 15.5 Å². The van der Waals surface area contributed by atoms with Crippen LogP contribution in [-0.4, -0.2) is 23.1 Å². The van der Waals surface area contributed by atoms with Crippen LogP contribution in [0.2, 0.25) is 0 Å². The van der Waals surface area contributed by atoms with Crippen molar-refractivity contribution in [2.45, 2.75) is 32.1 Å². The van der Waals surface area contributed by atoms with Crippen molar-refractivity contribution in [1.82, 2.24) is 0 Å². The molecule has 1 aromatic rings. The minimum Gasteiger partial charge on any atom is -0.490 e. The molecule has 0 saturated heterocycles. The van der Waals surface area contributed by atoms with Crippen LogP contribution in [0.25, 0.3) is 0 Å². The van der Waals surface area contributed by atoms with Gasteiger partial charge in [-0.1, -0.05) is 18.9 Å². The molecule has 1 aliphatic rings. The topological polar surface area (TPSA) is 89.7 Å². The molecule has 0 amide bonds. The van der Waals surface area contributed by atoms with E-state index in [2.05, 4.69) is 0 Å². The summed E-state index contributed by atoms with van der Waals surface area (Å²) in [5.41, 5.74) is -0.229. The van der Waals surface area contributed by atoms with E-state index >= 15 is 0 Å². The molecule has 2 rings (SSSR count). The number of carboxylic acids is 1. The second-order valence-electron chi connectivity index (χ2n) is 5.23. The molecule has 1 N–H and O–H groups in total. The fraction of sp³-hybridized carbons (Fsp3) is 0.500. The Bertz CT molecular complexity index is 534. The smallest absolute Gasteiger partial charge is 0.311 e. The van der Waals surface area contributed by atoms with E-state index in [0.717, 1.165) is 12.8 Å². The molecule has 1 aliphatic carbocycles. The van der Waals surface area contributed by atoms with Crippen LogP contribution in [0.15, 0.2) is 18.2 Å². The fourth-order valence-corrected chi connectivity index (χ4v) is 2.90. The maximum absolute atomic E-state index is 11.5. The van der Waals surface area contributed by atoms with E-state index in [1.165, 1.54) is 19.2 Å². The Hall–Kier alpha value is -2.11. The minimum absolute atomic E-state index is 0.122. The molecule has 1 aromatic carbocycles. The lowest BCUT2D eigenvalue weighted by molar-refractivity contribution is -0.385. The van der Waals surface area contributed by atoms with E-state index in [9.17, 15) is 20.0 Å². The second-order valence-corrected chi connectivity index (χ2v) is 5.23. The number of aliphatic carboxylic acids is 1. The zero-order chi connectivity index (χ0) is 14.8. The number of carboxylic acid groups (broad SMARTS) is 1. The molecule has 20 heavy (non-hydrogen) atoms. The largest absolute Gasteiger partial charge is 0.490 e. The van der Waals surface area contributed by atoms with Crippen LogP contribution >= 0.6 is 0 Å². The summed E-state index contributed by atoms with van der Waals surface area (Å²) in [4.78, 5) is 22.0. The van der Waals surface area contributed by atoms with E-state index in [1.807, 2.05) is 0 Å². The molecule has 108 valence electrons. The standard InChI is InChI=1S/C14H17NO5/c1-20-12-5-4-10(8-11(12)15(18)19)9-14(13(16)17)6-2-3-7-14/h4-5,8H,2-3,6-7,9H2,1H3,(H,16,17). The fourth-order valence-electron chi connectivity index (χ4n) is 2.90.